The first-order chi connectivity index (χ1) is 14.6. The molecule has 0 aromatic heterocycles. The van der Waals surface area contributed by atoms with Crippen LogP contribution in [-0.4, -0.2) is 16.3 Å². The molecule has 0 fully saturated rings. The Hall–Kier alpha value is -0.670. The summed E-state index contributed by atoms with van der Waals surface area (Å²) in [7, 11) is -4.20. The van der Waals surface area contributed by atoms with Crippen molar-refractivity contribution in [1.82, 2.24) is 5.32 Å². The van der Waals surface area contributed by atoms with E-state index in [-0.39, 0.29) is 0 Å². The van der Waals surface area contributed by atoms with E-state index in [4.69, 9.17) is 0 Å². The van der Waals surface area contributed by atoms with E-state index >= 15 is 0 Å². The van der Waals surface area contributed by atoms with Gasteiger partial charge in [0.05, 0.1) is 0 Å². The SMILES string of the molecule is CCCCCCCCCCCCCCCCCCN[C@@H](c1ccccc1)P(=O)(O)O. The van der Waals surface area contributed by atoms with Crippen molar-refractivity contribution in [3.8, 4) is 0 Å². The van der Waals surface area contributed by atoms with E-state index in [2.05, 4.69) is 12.2 Å². The highest BCUT2D eigenvalue weighted by Crippen LogP contribution is 2.49. The van der Waals surface area contributed by atoms with E-state index in [0.29, 0.717) is 12.1 Å². The van der Waals surface area contributed by atoms with Crippen LogP contribution in [0.2, 0.25) is 0 Å². The molecule has 0 spiro atoms. The molecule has 0 saturated carbocycles. The van der Waals surface area contributed by atoms with Gasteiger partial charge in [-0.2, -0.15) is 0 Å². The fourth-order valence-corrected chi connectivity index (χ4v) is 4.91. The first-order valence-electron chi connectivity index (χ1n) is 12.4. The molecule has 0 saturated heterocycles. The summed E-state index contributed by atoms with van der Waals surface area (Å²) in [5.41, 5.74) is 0.655. The van der Waals surface area contributed by atoms with Crippen molar-refractivity contribution < 1.29 is 14.4 Å². The maximum absolute atomic E-state index is 11.8. The average molecular weight is 440 g/mol. The Balaban J connectivity index is 1.92. The van der Waals surface area contributed by atoms with Gasteiger partial charge in [-0.25, -0.2) is 0 Å². The molecule has 0 heterocycles. The number of benzene rings is 1. The zero-order chi connectivity index (χ0) is 21.9. The molecular weight excluding hydrogens is 393 g/mol. The molecule has 0 radical (unpaired) electrons. The molecule has 1 aromatic carbocycles. The van der Waals surface area contributed by atoms with Crippen molar-refractivity contribution in [3.05, 3.63) is 35.9 Å². The topological polar surface area (TPSA) is 69.6 Å². The van der Waals surface area contributed by atoms with E-state index in [0.717, 1.165) is 12.8 Å². The lowest BCUT2D eigenvalue weighted by Crippen LogP contribution is -2.22. The van der Waals surface area contributed by atoms with Crippen LogP contribution in [0.3, 0.4) is 0 Å². The smallest absolute Gasteiger partial charge is 0.323 e. The minimum Gasteiger partial charge on any atom is -0.323 e. The Labute approximate surface area is 185 Å². The highest BCUT2D eigenvalue weighted by atomic mass is 31.2. The average Bonchev–Trinajstić information content (AvgIpc) is 2.72. The van der Waals surface area contributed by atoms with Gasteiger partial charge in [-0.3, -0.25) is 9.88 Å². The predicted octanol–water partition coefficient (Wildman–Crippen LogP) is 7.71. The van der Waals surface area contributed by atoms with Crippen LogP contribution in [0.15, 0.2) is 30.3 Å². The summed E-state index contributed by atoms with van der Waals surface area (Å²) in [5, 5.41) is 3.06. The van der Waals surface area contributed by atoms with E-state index < -0.39 is 13.4 Å². The molecule has 0 aliphatic rings. The second-order valence-electron chi connectivity index (χ2n) is 8.66. The van der Waals surface area contributed by atoms with Gasteiger partial charge in [0, 0.05) is 0 Å². The fourth-order valence-electron chi connectivity index (χ4n) is 3.98. The second-order valence-corrected chi connectivity index (χ2v) is 10.4. The number of nitrogens with one attached hydrogen (secondary N) is 1. The third-order valence-electron chi connectivity index (χ3n) is 5.82. The second kappa shape index (κ2) is 18.0. The lowest BCUT2D eigenvalue weighted by Gasteiger charge is -2.20. The zero-order valence-electron chi connectivity index (χ0n) is 19.2. The van der Waals surface area contributed by atoms with E-state index in [1.807, 2.05) is 18.2 Å². The van der Waals surface area contributed by atoms with Crippen molar-refractivity contribution in [3.63, 3.8) is 0 Å². The summed E-state index contributed by atoms with van der Waals surface area (Å²) in [6.45, 7) is 2.91. The highest BCUT2D eigenvalue weighted by Gasteiger charge is 2.29. The molecule has 0 aliphatic heterocycles. The Morgan fingerprint density at radius 1 is 0.700 bits per heavy atom. The normalized spacial score (nSPS) is 12.9. The van der Waals surface area contributed by atoms with Crippen LogP contribution in [0.4, 0.5) is 0 Å². The maximum Gasteiger partial charge on any atom is 0.346 e. The van der Waals surface area contributed by atoms with E-state index in [1.165, 1.54) is 89.9 Å². The Bertz CT molecular complexity index is 547. The van der Waals surface area contributed by atoms with Gasteiger partial charge in [-0.15, -0.1) is 0 Å². The van der Waals surface area contributed by atoms with Crippen molar-refractivity contribution in [1.29, 1.82) is 0 Å². The van der Waals surface area contributed by atoms with Crippen LogP contribution in [0.25, 0.3) is 0 Å². The molecule has 0 bridgehead atoms. The fraction of sp³-hybridized carbons (Fsp3) is 0.760. The summed E-state index contributed by atoms with van der Waals surface area (Å²) in [4.78, 5) is 19.2. The van der Waals surface area contributed by atoms with Crippen LogP contribution in [-0.2, 0) is 4.57 Å². The van der Waals surface area contributed by atoms with Crippen LogP contribution in [0.1, 0.15) is 121 Å². The first kappa shape index (κ1) is 27.4. The van der Waals surface area contributed by atoms with Gasteiger partial charge in [0.15, 0.2) is 0 Å². The summed E-state index contributed by atoms with van der Waals surface area (Å²) >= 11 is 0. The molecule has 174 valence electrons. The molecule has 1 atom stereocenters. The maximum atomic E-state index is 11.8. The first-order valence-corrected chi connectivity index (χ1v) is 14.1. The molecule has 4 nitrogen and oxygen atoms in total. The quantitative estimate of drug-likeness (QED) is 0.144. The monoisotopic (exact) mass is 439 g/mol. The van der Waals surface area contributed by atoms with E-state index in [9.17, 15) is 14.4 Å². The third kappa shape index (κ3) is 14.4. The Kier molecular flexibility index (Phi) is 16.4. The molecule has 1 aromatic rings. The number of hydrogen-bond acceptors (Lipinski definition) is 2. The van der Waals surface area contributed by atoms with Gasteiger partial charge in [0.1, 0.15) is 5.78 Å². The lowest BCUT2D eigenvalue weighted by atomic mass is 10.0. The molecule has 1 rings (SSSR count). The molecule has 5 heteroatoms. The largest absolute Gasteiger partial charge is 0.346 e. The molecular formula is C25H46NO3P. The summed E-state index contributed by atoms with van der Waals surface area (Å²) < 4.78 is 11.8. The minimum atomic E-state index is -4.20. The van der Waals surface area contributed by atoms with Crippen molar-refractivity contribution >= 4 is 7.60 Å². The number of unbranched alkanes of at least 4 members (excludes halogenated alkanes) is 15. The minimum absolute atomic E-state index is 0.642. The Morgan fingerprint density at radius 3 is 1.50 bits per heavy atom. The number of rotatable bonds is 20. The molecule has 0 aliphatic carbocycles. The van der Waals surface area contributed by atoms with Gasteiger partial charge < -0.3 is 9.79 Å². The summed E-state index contributed by atoms with van der Waals surface area (Å²) in [6.07, 6.45) is 21.3. The van der Waals surface area contributed by atoms with Gasteiger partial charge in [-0.1, -0.05) is 134 Å². The van der Waals surface area contributed by atoms with Gasteiger partial charge in [0.2, 0.25) is 0 Å². The van der Waals surface area contributed by atoms with Crippen LogP contribution < -0.4 is 5.32 Å². The van der Waals surface area contributed by atoms with Crippen molar-refractivity contribution in [2.45, 2.75) is 115 Å². The molecule has 0 unspecified atom stereocenters. The third-order valence-corrected chi connectivity index (χ3v) is 6.97. The lowest BCUT2D eigenvalue weighted by molar-refractivity contribution is 0.347. The van der Waals surface area contributed by atoms with Gasteiger partial charge in [0.25, 0.3) is 0 Å². The van der Waals surface area contributed by atoms with E-state index in [1.54, 1.807) is 12.1 Å². The number of hydrogen-bond donors (Lipinski definition) is 3. The van der Waals surface area contributed by atoms with Crippen molar-refractivity contribution in [2.75, 3.05) is 6.54 Å². The van der Waals surface area contributed by atoms with Crippen LogP contribution in [0.5, 0.6) is 0 Å². The standard InChI is InChI=1S/C25H46NO3P/c1-2-3-4-5-6-7-8-9-10-11-12-13-14-15-16-20-23-26-25(30(27,28)29)24-21-18-17-19-22-24/h17-19,21-22,25-26H,2-16,20,23H2,1H3,(H2,27,28,29)/t25-/m1/s1. The summed E-state index contributed by atoms with van der Waals surface area (Å²) in [5.74, 6) is -0.893. The van der Waals surface area contributed by atoms with Crippen LogP contribution >= 0.6 is 7.60 Å². The molecule has 30 heavy (non-hydrogen) atoms. The van der Waals surface area contributed by atoms with Gasteiger partial charge >= 0.3 is 7.60 Å². The zero-order valence-corrected chi connectivity index (χ0v) is 20.1. The molecule has 3 N–H and O–H groups in total. The van der Waals surface area contributed by atoms with Crippen molar-refractivity contribution in [2.24, 2.45) is 0 Å². The highest BCUT2D eigenvalue weighted by molar-refractivity contribution is 7.52. The summed E-state index contributed by atoms with van der Waals surface area (Å²) in [6, 6.07) is 9.02. The predicted molar refractivity (Wildman–Crippen MR) is 129 cm³/mol. The molecule has 0 amide bonds. The van der Waals surface area contributed by atoms with Gasteiger partial charge in [-0.05, 0) is 18.5 Å². The Morgan fingerprint density at radius 2 is 1.10 bits per heavy atom. The van der Waals surface area contributed by atoms with Crippen LogP contribution in [0, 0.1) is 0 Å².